The van der Waals surface area contributed by atoms with E-state index in [9.17, 15) is 14.4 Å². The molecule has 0 aliphatic rings. The van der Waals surface area contributed by atoms with Gasteiger partial charge in [0.05, 0.1) is 16.8 Å². The van der Waals surface area contributed by atoms with Crippen molar-refractivity contribution in [3.63, 3.8) is 0 Å². The summed E-state index contributed by atoms with van der Waals surface area (Å²) in [4.78, 5) is 38.4. The minimum absolute atomic E-state index is 0.0409. The molecule has 0 spiro atoms. The lowest BCUT2D eigenvalue weighted by molar-refractivity contribution is 0.0923. The second-order valence-electron chi connectivity index (χ2n) is 6.11. The summed E-state index contributed by atoms with van der Waals surface area (Å²) < 4.78 is 5.53. The topological polar surface area (TPSA) is 76.4 Å². The summed E-state index contributed by atoms with van der Waals surface area (Å²) in [7, 11) is 0. The quantitative estimate of drug-likeness (QED) is 0.523. The molecule has 0 saturated heterocycles. The standard InChI is InChI=1S/C22H15NO4S/c24-17-12-19(27-18-9-5-4-8-16(17)18)22(26)23-13-15-10-11-20(28-15)21(25)14-6-2-1-3-7-14/h1-12H,13H2,(H,23,26). The van der Waals surface area contributed by atoms with E-state index in [4.69, 9.17) is 4.42 Å². The van der Waals surface area contributed by atoms with Crippen LogP contribution in [-0.2, 0) is 6.54 Å². The van der Waals surface area contributed by atoms with Crippen LogP contribution in [0.3, 0.4) is 0 Å². The summed E-state index contributed by atoms with van der Waals surface area (Å²) in [5.74, 6) is -0.572. The number of fused-ring (bicyclic) bond motifs is 1. The first-order valence-electron chi connectivity index (χ1n) is 8.61. The predicted molar refractivity (Wildman–Crippen MR) is 108 cm³/mol. The first-order chi connectivity index (χ1) is 13.6. The van der Waals surface area contributed by atoms with Crippen molar-refractivity contribution in [3.8, 4) is 0 Å². The van der Waals surface area contributed by atoms with Gasteiger partial charge in [-0.05, 0) is 24.3 Å². The third kappa shape index (κ3) is 3.63. The summed E-state index contributed by atoms with van der Waals surface area (Å²) >= 11 is 1.32. The van der Waals surface area contributed by atoms with Crippen molar-refractivity contribution in [2.24, 2.45) is 0 Å². The Labute approximate surface area is 164 Å². The second-order valence-corrected chi connectivity index (χ2v) is 7.28. The van der Waals surface area contributed by atoms with Gasteiger partial charge in [-0.15, -0.1) is 11.3 Å². The number of carbonyl (C=O) groups is 2. The maximum absolute atomic E-state index is 12.5. The molecule has 4 rings (SSSR count). The molecule has 0 atom stereocenters. The molecule has 0 bridgehead atoms. The van der Waals surface area contributed by atoms with Crippen molar-refractivity contribution in [2.75, 3.05) is 0 Å². The molecule has 5 nitrogen and oxygen atoms in total. The van der Waals surface area contributed by atoms with E-state index in [-0.39, 0.29) is 23.5 Å². The summed E-state index contributed by atoms with van der Waals surface area (Å²) in [5.41, 5.74) is 0.726. The number of rotatable bonds is 5. The van der Waals surface area contributed by atoms with Crippen molar-refractivity contribution >= 4 is 34.0 Å². The number of hydrogen-bond acceptors (Lipinski definition) is 5. The highest BCUT2D eigenvalue weighted by Crippen LogP contribution is 2.20. The van der Waals surface area contributed by atoms with Gasteiger partial charge in [-0.2, -0.15) is 0 Å². The number of hydrogen-bond donors (Lipinski definition) is 1. The molecule has 0 saturated carbocycles. The molecule has 0 aliphatic carbocycles. The van der Waals surface area contributed by atoms with Gasteiger partial charge < -0.3 is 9.73 Å². The average Bonchev–Trinajstić information content (AvgIpc) is 3.21. The predicted octanol–water partition coefficient (Wildman–Crippen LogP) is 4.02. The van der Waals surface area contributed by atoms with Crippen molar-refractivity contribution in [1.82, 2.24) is 5.32 Å². The molecule has 1 N–H and O–H groups in total. The smallest absolute Gasteiger partial charge is 0.287 e. The molecular formula is C22H15NO4S. The molecule has 28 heavy (non-hydrogen) atoms. The Bertz CT molecular complexity index is 1220. The Hall–Kier alpha value is -3.51. The Morgan fingerprint density at radius 3 is 2.50 bits per heavy atom. The molecule has 4 aromatic rings. The molecular weight excluding hydrogens is 374 g/mol. The molecule has 0 unspecified atom stereocenters. The van der Waals surface area contributed by atoms with Gasteiger partial charge in [0.1, 0.15) is 5.58 Å². The fraction of sp³-hybridized carbons (Fsp3) is 0.0455. The molecule has 0 aliphatic heterocycles. The lowest BCUT2D eigenvalue weighted by Gasteiger charge is -2.04. The van der Waals surface area contributed by atoms with Crippen LogP contribution in [0, 0.1) is 0 Å². The van der Waals surface area contributed by atoms with Gasteiger partial charge in [-0.25, -0.2) is 0 Å². The van der Waals surface area contributed by atoms with Crippen LogP contribution >= 0.6 is 11.3 Å². The monoisotopic (exact) mass is 389 g/mol. The van der Waals surface area contributed by atoms with E-state index in [1.165, 1.54) is 17.4 Å². The molecule has 0 radical (unpaired) electrons. The molecule has 2 aromatic carbocycles. The largest absolute Gasteiger partial charge is 0.451 e. The van der Waals surface area contributed by atoms with Crippen LogP contribution in [0.4, 0.5) is 0 Å². The highest BCUT2D eigenvalue weighted by Gasteiger charge is 2.14. The van der Waals surface area contributed by atoms with E-state index in [0.29, 0.717) is 21.4 Å². The average molecular weight is 389 g/mol. The van der Waals surface area contributed by atoms with Gasteiger partial charge >= 0.3 is 0 Å². The number of carbonyl (C=O) groups excluding carboxylic acids is 2. The van der Waals surface area contributed by atoms with E-state index >= 15 is 0 Å². The van der Waals surface area contributed by atoms with Crippen LogP contribution < -0.4 is 10.7 Å². The van der Waals surface area contributed by atoms with Crippen molar-refractivity contribution in [1.29, 1.82) is 0 Å². The van der Waals surface area contributed by atoms with Crippen LogP contribution in [0.15, 0.2) is 82.0 Å². The van der Waals surface area contributed by atoms with Gasteiger partial charge in [-0.1, -0.05) is 42.5 Å². The maximum Gasteiger partial charge on any atom is 0.287 e. The van der Waals surface area contributed by atoms with Crippen LogP contribution in [0.25, 0.3) is 11.0 Å². The van der Waals surface area contributed by atoms with E-state index < -0.39 is 5.91 Å². The molecule has 2 aromatic heterocycles. The Morgan fingerprint density at radius 1 is 0.929 bits per heavy atom. The number of nitrogens with one attached hydrogen (secondary N) is 1. The van der Waals surface area contributed by atoms with Gasteiger partial charge in [0.2, 0.25) is 5.78 Å². The van der Waals surface area contributed by atoms with Crippen LogP contribution in [0.2, 0.25) is 0 Å². The third-order valence-corrected chi connectivity index (χ3v) is 5.29. The Morgan fingerprint density at radius 2 is 1.68 bits per heavy atom. The second kappa shape index (κ2) is 7.62. The summed E-state index contributed by atoms with van der Waals surface area (Å²) in [6, 6.07) is 20.6. The van der Waals surface area contributed by atoms with Gasteiger partial charge in [0.15, 0.2) is 11.2 Å². The number of amides is 1. The third-order valence-electron chi connectivity index (χ3n) is 4.20. The van der Waals surface area contributed by atoms with Crippen molar-refractivity contribution in [2.45, 2.75) is 6.54 Å². The molecule has 0 fully saturated rings. The Balaban J connectivity index is 1.47. The highest BCUT2D eigenvalue weighted by atomic mass is 32.1. The fourth-order valence-electron chi connectivity index (χ4n) is 2.80. The summed E-state index contributed by atoms with van der Waals surface area (Å²) in [6.45, 7) is 0.238. The van der Waals surface area contributed by atoms with Crippen molar-refractivity contribution in [3.05, 3.63) is 104 Å². The van der Waals surface area contributed by atoms with E-state index in [2.05, 4.69) is 5.32 Å². The molecule has 2 heterocycles. The minimum Gasteiger partial charge on any atom is -0.451 e. The number of ketones is 1. The normalized spacial score (nSPS) is 10.7. The van der Waals surface area contributed by atoms with E-state index in [1.54, 1.807) is 48.5 Å². The zero-order valence-electron chi connectivity index (χ0n) is 14.7. The minimum atomic E-state index is -0.479. The zero-order valence-corrected chi connectivity index (χ0v) is 15.5. The molecule has 6 heteroatoms. The molecule has 138 valence electrons. The fourth-order valence-corrected chi connectivity index (χ4v) is 3.71. The lowest BCUT2D eigenvalue weighted by Crippen LogP contribution is -2.23. The van der Waals surface area contributed by atoms with Gasteiger partial charge in [0, 0.05) is 16.5 Å². The Kier molecular flexibility index (Phi) is 4.87. The highest BCUT2D eigenvalue weighted by molar-refractivity contribution is 7.14. The first-order valence-corrected chi connectivity index (χ1v) is 9.43. The number of thiophene rings is 1. The van der Waals surface area contributed by atoms with E-state index in [0.717, 1.165) is 4.88 Å². The summed E-state index contributed by atoms with van der Waals surface area (Å²) in [6.07, 6.45) is 0. The van der Waals surface area contributed by atoms with Crippen LogP contribution in [0.1, 0.15) is 30.7 Å². The molecule has 1 amide bonds. The SMILES string of the molecule is O=C(NCc1ccc(C(=O)c2ccccc2)s1)c1cc(=O)c2ccccc2o1. The lowest BCUT2D eigenvalue weighted by atomic mass is 10.1. The summed E-state index contributed by atoms with van der Waals surface area (Å²) in [5, 5.41) is 3.16. The van der Waals surface area contributed by atoms with Crippen LogP contribution in [-0.4, -0.2) is 11.7 Å². The van der Waals surface area contributed by atoms with Crippen LogP contribution in [0.5, 0.6) is 0 Å². The first kappa shape index (κ1) is 17.9. The van der Waals surface area contributed by atoms with Crippen molar-refractivity contribution < 1.29 is 14.0 Å². The number of para-hydroxylation sites is 1. The van der Waals surface area contributed by atoms with Gasteiger partial charge in [-0.3, -0.25) is 14.4 Å². The zero-order chi connectivity index (χ0) is 19.5. The van der Waals surface area contributed by atoms with Gasteiger partial charge in [0.25, 0.3) is 5.91 Å². The van der Waals surface area contributed by atoms with E-state index in [1.807, 2.05) is 18.2 Å². The number of benzene rings is 2. The maximum atomic E-state index is 12.5.